The summed E-state index contributed by atoms with van der Waals surface area (Å²) in [6.07, 6.45) is -0.542. The molecule has 1 saturated heterocycles. The number of rotatable bonds is 8. The predicted molar refractivity (Wildman–Crippen MR) is 139 cm³/mol. The number of ether oxygens (including phenoxy) is 1. The van der Waals surface area contributed by atoms with E-state index in [1.807, 2.05) is 6.92 Å². The van der Waals surface area contributed by atoms with E-state index < -0.39 is 41.3 Å². The first kappa shape index (κ1) is 26.9. The molecular formula is C22H24N6O6S3. The Bertz CT molecular complexity index is 1270. The Morgan fingerprint density at radius 3 is 2.62 bits per heavy atom. The van der Waals surface area contributed by atoms with Crippen molar-refractivity contribution in [3.05, 3.63) is 46.1 Å². The molecule has 2 aliphatic heterocycles. The van der Waals surface area contributed by atoms with E-state index in [1.165, 1.54) is 51.8 Å². The van der Waals surface area contributed by atoms with Crippen molar-refractivity contribution in [1.82, 2.24) is 20.4 Å². The van der Waals surface area contributed by atoms with Crippen LogP contribution in [0.1, 0.15) is 16.6 Å². The number of methoxy groups -OCH3 is 1. The molecule has 3 atom stereocenters. The van der Waals surface area contributed by atoms with Gasteiger partial charge in [-0.2, -0.15) is 0 Å². The fourth-order valence-electron chi connectivity index (χ4n) is 3.82. The van der Waals surface area contributed by atoms with E-state index in [0.717, 1.165) is 9.35 Å². The lowest BCUT2D eigenvalue weighted by Gasteiger charge is -2.49. The summed E-state index contributed by atoms with van der Waals surface area (Å²) in [7, 11) is 2.82. The van der Waals surface area contributed by atoms with Crippen molar-refractivity contribution in [2.45, 2.75) is 28.7 Å². The minimum absolute atomic E-state index is 0.0531. The number of nitrogens with one attached hydrogen (secondary N) is 1. The highest BCUT2D eigenvalue weighted by molar-refractivity contribution is 8.01. The van der Waals surface area contributed by atoms with Crippen LogP contribution in [0.15, 0.2) is 39.9 Å². The Hall–Kier alpha value is -3.14. The normalized spacial score (nSPS) is 19.6. The largest absolute Gasteiger partial charge is 0.477 e. The van der Waals surface area contributed by atoms with Crippen LogP contribution in [0.5, 0.6) is 0 Å². The van der Waals surface area contributed by atoms with Gasteiger partial charge < -0.3 is 20.9 Å². The number of carbonyl (C=O) groups is 4. The number of hydrogen-bond acceptors (Lipinski definition) is 11. The number of nitrogens with two attached hydrogens (primary N) is 1. The summed E-state index contributed by atoms with van der Waals surface area (Å²) < 4.78 is 5.40. The van der Waals surface area contributed by atoms with Gasteiger partial charge in [-0.3, -0.25) is 19.4 Å². The molecule has 0 bridgehead atoms. The van der Waals surface area contributed by atoms with E-state index in [9.17, 15) is 24.3 Å². The van der Waals surface area contributed by atoms with Crippen molar-refractivity contribution in [2.24, 2.45) is 5.73 Å². The molecule has 37 heavy (non-hydrogen) atoms. The summed E-state index contributed by atoms with van der Waals surface area (Å²) in [5.41, 5.74) is 7.71. The maximum absolute atomic E-state index is 12.9. The van der Waals surface area contributed by atoms with Gasteiger partial charge in [-0.05, 0) is 30.2 Å². The molecule has 196 valence electrons. The molecule has 2 aliphatic rings. The molecule has 2 unspecified atom stereocenters. The fraction of sp³-hybridized carbons (Fsp3) is 0.364. The first-order chi connectivity index (χ1) is 17.6. The van der Waals surface area contributed by atoms with Crippen molar-refractivity contribution in [3.63, 3.8) is 0 Å². The molecular weight excluding hydrogens is 540 g/mol. The average Bonchev–Trinajstić information content (AvgIpc) is 3.33. The number of aliphatic carboxylic acids is 1. The molecule has 4 rings (SSSR count). The molecule has 1 aromatic heterocycles. The number of carbonyl (C=O) groups excluding carboxylic acids is 3. The predicted octanol–water partition coefficient (Wildman–Crippen LogP) is 1.58. The number of carboxylic acid groups (broad SMARTS) is 1. The van der Waals surface area contributed by atoms with Crippen LogP contribution in [-0.4, -0.2) is 81.2 Å². The number of hydrogen-bond donors (Lipinski definition) is 3. The molecule has 1 fully saturated rings. The summed E-state index contributed by atoms with van der Waals surface area (Å²) in [4.78, 5) is 52.0. The summed E-state index contributed by atoms with van der Waals surface area (Å²) >= 11 is 4.18. The highest BCUT2D eigenvalue weighted by Gasteiger charge is 2.54. The molecule has 12 nitrogen and oxygen atoms in total. The summed E-state index contributed by atoms with van der Waals surface area (Å²) in [5.74, 6) is -1.50. The van der Waals surface area contributed by atoms with Crippen molar-refractivity contribution in [2.75, 3.05) is 30.6 Å². The molecule has 15 heteroatoms. The van der Waals surface area contributed by atoms with E-state index in [2.05, 4.69) is 20.3 Å². The van der Waals surface area contributed by atoms with Gasteiger partial charge in [-0.1, -0.05) is 35.2 Å². The van der Waals surface area contributed by atoms with Gasteiger partial charge in [0.05, 0.1) is 7.11 Å². The molecule has 0 spiro atoms. The molecule has 1 aromatic carbocycles. The fourth-order valence-corrected chi connectivity index (χ4v) is 7.12. The number of nitrogens with zero attached hydrogens (tertiary/aromatic N) is 4. The second kappa shape index (κ2) is 11.1. The van der Waals surface area contributed by atoms with Crippen LogP contribution in [0.25, 0.3) is 0 Å². The Balaban J connectivity index is 1.41. The van der Waals surface area contributed by atoms with E-state index in [1.54, 1.807) is 31.3 Å². The van der Waals surface area contributed by atoms with Crippen LogP contribution in [0, 0.1) is 6.92 Å². The average molecular weight is 565 g/mol. The van der Waals surface area contributed by atoms with Crippen molar-refractivity contribution in [3.8, 4) is 0 Å². The third-order valence-corrected chi connectivity index (χ3v) is 9.19. The molecule has 0 saturated carbocycles. The molecule has 3 amide bonds. The number of amides is 3. The zero-order valence-electron chi connectivity index (χ0n) is 20.0. The Kier molecular flexibility index (Phi) is 8.06. The highest BCUT2D eigenvalue weighted by Crippen LogP contribution is 2.42. The van der Waals surface area contributed by atoms with E-state index in [-0.39, 0.29) is 5.70 Å². The lowest BCUT2D eigenvalue weighted by molar-refractivity contribution is -0.150. The van der Waals surface area contributed by atoms with Crippen LogP contribution in [0.4, 0.5) is 10.5 Å². The maximum Gasteiger partial charge on any atom is 0.413 e. The van der Waals surface area contributed by atoms with E-state index >= 15 is 0 Å². The van der Waals surface area contributed by atoms with E-state index in [0.29, 0.717) is 28.3 Å². The van der Waals surface area contributed by atoms with Gasteiger partial charge in [-0.25, -0.2) is 9.59 Å². The van der Waals surface area contributed by atoms with Gasteiger partial charge in [0.1, 0.15) is 28.2 Å². The minimum atomic E-state index is -1.19. The zero-order chi connectivity index (χ0) is 26.9. The highest BCUT2D eigenvalue weighted by atomic mass is 32.2. The van der Waals surface area contributed by atoms with Gasteiger partial charge >= 0.3 is 12.1 Å². The van der Waals surface area contributed by atoms with Crippen molar-refractivity contribution < 1.29 is 29.0 Å². The molecule has 3 heterocycles. The number of fused-ring (bicyclic) bond motifs is 1. The number of thioether (sulfide) groups is 2. The first-order valence-electron chi connectivity index (χ1n) is 10.9. The van der Waals surface area contributed by atoms with Gasteiger partial charge in [0, 0.05) is 24.2 Å². The maximum atomic E-state index is 12.9. The van der Waals surface area contributed by atoms with Crippen molar-refractivity contribution >= 4 is 64.4 Å². The number of carboxylic acids is 1. The van der Waals surface area contributed by atoms with Gasteiger partial charge in [-0.15, -0.1) is 22.0 Å². The minimum Gasteiger partial charge on any atom is -0.477 e. The topological polar surface area (TPSA) is 168 Å². The van der Waals surface area contributed by atoms with Crippen LogP contribution in [0.2, 0.25) is 0 Å². The molecule has 0 radical (unpaired) electrons. The Morgan fingerprint density at radius 2 is 2.03 bits per heavy atom. The van der Waals surface area contributed by atoms with Crippen molar-refractivity contribution in [1.29, 1.82) is 0 Å². The standard InChI is InChI=1S/C22H24N6O6S3/c1-10-25-26-21(37-10)36-9-12-8-35-19-15(18(30)28(19)16(12)20(31)32)24-17(29)14(23)11-4-6-13(7-5-11)27(2)22(33)34-3/h4-7,14-15,19H,8-9,23H2,1-3H3,(H,24,29)(H,31,32)/t14?,15?,19-/m0/s1. The number of aromatic nitrogens is 2. The number of aryl methyl sites for hydroxylation is 1. The summed E-state index contributed by atoms with van der Waals surface area (Å²) in [6.45, 7) is 1.84. The van der Waals surface area contributed by atoms with Gasteiger partial charge in [0.25, 0.3) is 5.91 Å². The Morgan fingerprint density at radius 1 is 1.32 bits per heavy atom. The smallest absolute Gasteiger partial charge is 0.413 e. The lowest BCUT2D eigenvalue weighted by Crippen LogP contribution is -2.71. The van der Waals surface area contributed by atoms with Gasteiger partial charge in [0.2, 0.25) is 5.91 Å². The molecule has 2 aromatic rings. The first-order valence-corrected chi connectivity index (χ1v) is 13.8. The van der Waals surface area contributed by atoms with Crippen LogP contribution < -0.4 is 16.0 Å². The third kappa shape index (κ3) is 5.44. The third-order valence-electron chi connectivity index (χ3n) is 5.80. The second-order valence-corrected chi connectivity index (χ2v) is 11.6. The monoisotopic (exact) mass is 564 g/mol. The number of benzene rings is 1. The van der Waals surface area contributed by atoms with Crippen LogP contribution in [-0.2, 0) is 19.1 Å². The van der Waals surface area contributed by atoms with E-state index in [4.69, 9.17) is 5.73 Å². The molecule has 0 aliphatic carbocycles. The SMILES string of the molecule is COC(=O)N(C)c1ccc(C(N)C(=O)NC2C(=O)N3C(C(=O)O)=C(CSc4nnc(C)s4)CS[C@@H]23)cc1. The lowest BCUT2D eigenvalue weighted by atomic mass is 10.0. The van der Waals surface area contributed by atoms with Crippen LogP contribution >= 0.6 is 34.9 Å². The number of β-lactam (4-membered cyclic amide) rings is 1. The number of anilines is 1. The zero-order valence-corrected chi connectivity index (χ0v) is 22.5. The quantitative estimate of drug-likeness (QED) is 0.314. The Labute approximate surface area is 224 Å². The van der Waals surface area contributed by atoms with Gasteiger partial charge in [0.15, 0.2) is 4.34 Å². The summed E-state index contributed by atoms with van der Waals surface area (Å²) in [5, 5.41) is 20.8. The van der Waals surface area contributed by atoms with Crippen LogP contribution in [0.3, 0.4) is 0 Å². The molecule has 4 N–H and O–H groups in total. The summed E-state index contributed by atoms with van der Waals surface area (Å²) in [6, 6.07) is 4.52. The second-order valence-electron chi connectivity index (χ2n) is 8.13.